The zero-order valence-electron chi connectivity index (χ0n) is 11.3. The van der Waals surface area contributed by atoms with Gasteiger partial charge in [-0.15, -0.1) is 11.3 Å². The fourth-order valence-electron chi connectivity index (χ4n) is 1.66. The molecule has 2 aromatic rings. The summed E-state index contributed by atoms with van der Waals surface area (Å²) in [6, 6.07) is 1.71. The number of thiophene rings is 1. The summed E-state index contributed by atoms with van der Waals surface area (Å²) in [5, 5.41) is 17.2. The maximum atomic E-state index is 12.0. The van der Waals surface area contributed by atoms with Crippen LogP contribution in [0.25, 0.3) is 6.08 Å². The Balaban J connectivity index is 1.91. The van der Waals surface area contributed by atoms with Gasteiger partial charge in [-0.05, 0) is 23.1 Å². The molecule has 0 aliphatic heterocycles. The number of aromatic nitrogens is 3. The Kier molecular flexibility index (Phi) is 4.83. The number of carbonyl (C=O) groups excluding carboxylic acids is 1. The van der Waals surface area contributed by atoms with Gasteiger partial charge in [-0.1, -0.05) is 0 Å². The van der Waals surface area contributed by atoms with E-state index in [1.807, 2.05) is 0 Å². The first-order chi connectivity index (χ1) is 10.1. The highest BCUT2D eigenvalue weighted by molar-refractivity contribution is 7.12. The zero-order valence-corrected chi connectivity index (χ0v) is 12.1. The second kappa shape index (κ2) is 6.80. The van der Waals surface area contributed by atoms with Crippen LogP contribution in [-0.4, -0.2) is 38.3 Å². The summed E-state index contributed by atoms with van der Waals surface area (Å²) in [5.74, 6) is -0.616. The predicted octanol–water partition coefficient (Wildman–Crippen LogP) is 0.947. The van der Waals surface area contributed by atoms with Crippen LogP contribution in [-0.2, 0) is 18.3 Å². The number of hydrogen-bond acceptors (Lipinski definition) is 5. The SMILES string of the molecule is Cn1cnc(CCNC(=O)c2sccc2/C=C/C(=O)O)n1. The lowest BCUT2D eigenvalue weighted by Crippen LogP contribution is -2.25. The first-order valence-corrected chi connectivity index (χ1v) is 7.05. The second-order valence-electron chi connectivity index (χ2n) is 4.22. The molecule has 8 heteroatoms. The minimum Gasteiger partial charge on any atom is -0.478 e. The normalized spacial score (nSPS) is 10.9. The van der Waals surface area contributed by atoms with Gasteiger partial charge in [0.2, 0.25) is 0 Å². The molecule has 7 nitrogen and oxygen atoms in total. The molecule has 0 bridgehead atoms. The largest absolute Gasteiger partial charge is 0.478 e. The van der Waals surface area contributed by atoms with E-state index >= 15 is 0 Å². The highest BCUT2D eigenvalue weighted by atomic mass is 32.1. The molecule has 0 saturated carbocycles. The summed E-state index contributed by atoms with van der Waals surface area (Å²) in [6.07, 6.45) is 4.56. The lowest BCUT2D eigenvalue weighted by molar-refractivity contribution is -0.131. The van der Waals surface area contributed by atoms with Crippen molar-refractivity contribution in [3.63, 3.8) is 0 Å². The van der Waals surface area contributed by atoms with Gasteiger partial charge in [0.15, 0.2) is 5.82 Å². The summed E-state index contributed by atoms with van der Waals surface area (Å²) < 4.78 is 1.60. The average Bonchev–Trinajstić information content (AvgIpc) is 3.05. The minimum absolute atomic E-state index is 0.231. The second-order valence-corrected chi connectivity index (χ2v) is 5.13. The van der Waals surface area contributed by atoms with Gasteiger partial charge >= 0.3 is 5.97 Å². The van der Waals surface area contributed by atoms with E-state index < -0.39 is 5.97 Å². The number of carboxylic acids is 1. The molecule has 21 heavy (non-hydrogen) atoms. The van der Waals surface area contributed by atoms with Crippen molar-refractivity contribution >= 4 is 29.3 Å². The molecule has 0 aliphatic rings. The van der Waals surface area contributed by atoms with Crippen LogP contribution in [0.1, 0.15) is 21.1 Å². The molecule has 2 heterocycles. The van der Waals surface area contributed by atoms with Gasteiger partial charge in [-0.25, -0.2) is 9.78 Å². The topological polar surface area (TPSA) is 97.1 Å². The van der Waals surface area contributed by atoms with Gasteiger partial charge in [0.25, 0.3) is 5.91 Å². The number of hydrogen-bond donors (Lipinski definition) is 2. The fourth-order valence-corrected chi connectivity index (χ4v) is 2.46. The van der Waals surface area contributed by atoms with E-state index in [2.05, 4.69) is 15.4 Å². The molecule has 0 fully saturated rings. The summed E-state index contributed by atoms with van der Waals surface area (Å²) in [6.45, 7) is 0.419. The third-order valence-corrected chi connectivity index (χ3v) is 3.52. The van der Waals surface area contributed by atoms with Crippen LogP contribution in [0.5, 0.6) is 0 Å². The van der Waals surface area contributed by atoms with Crippen molar-refractivity contribution in [3.8, 4) is 0 Å². The van der Waals surface area contributed by atoms with Crippen molar-refractivity contribution in [2.45, 2.75) is 6.42 Å². The third-order valence-electron chi connectivity index (χ3n) is 2.59. The molecule has 0 saturated heterocycles. The molecule has 2 rings (SSSR count). The van der Waals surface area contributed by atoms with Crippen LogP contribution in [0, 0.1) is 0 Å². The molecule has 0 aromatic carbocycles. The number of aryl methyl sites for hydroxylation is 1. The van der Waals surface area contributed by atoms with Crippen molar-refractivity contribution in [2.75, 3.05) is 6.54 Å². The van der Waals surface area contributed by atoms with Crippen molar-refractivity contribution in [1.82, 2.24) is 20.1 Å². The number of aliphatic carboxylic acids is 1. The smallest absolute Gasteiger partial charge is 0.328 e. The van der Waals surface area contributed by atoms with Gasteiger partial charge in [-0.3, -0.25) is 9.48 Å². The van der Waals surface area contributed by atoms with E-state index in [4.69, 9.17) is 5.11 Å². The first-order valence-electron chi connectivity index (χ1n) is 6.17. The number of nitrogens with zero attached hydrogens (tertiary/aromatic N) is 3. The van der Waals surface area contributed by atoms with E-state index in [1.165, 1.54) is 17.4 Å². The Labute approximate surface area is 124 Å². The van der Waals surface area contributed by atoms with Crippen LogP contribution in [0.3, 0.4) is 0 Å². The van der Waals surface area contributed by atoms with Gasteiger partial charge in [0.05, 0.1) is 4.88 Å². The highest BCUT2D eigenvalue weighted by Gasteiger charge is 2.11. The van der Waals surface area contributed by atoms with E-state index in [1.54, 1.807) is 29.5 Å². The van der Waals surface area contributed by atoms with Crippen LogP contribution in [0.15, 0.2) is 23.8 Å². The molecule has 2 aromatic heterocycles. The lowest BCUT2D eigenvalue weighted by atomic mass is 10.2. The van der Waals surface area contributed by atoms with Crippen LogP contribution < -0.4 is 5.32 Å². The van der Waals surface area contributed by atoms with E-state index in [0.29, 0.717) is 29.2 Å². The fraction of sp³-hybridized carbons (Fsp3) is 0.231. The van der Waals surface area contributed by atoms with Gasteiger partial charge in [0.1, 0.15) is 6.33 Å². The molecule has 1 amide bonds. The monoisotopic (exact) mass is 306 g/mol. The van der Waals surface area contributed by atoms with Crippen molar-refractivity contribution in [2.24, 2.45) is 7.05 Å². The van der Waals surface area contributed by atoms with Gasteiger partial charge < -0.3 is 10.4 Å². The van der Waals surface area contributed by atoms with E-state index in [9.17, 15) is 9.59 Å². The Morgan fingerprint density at radius 2 is 2.33 bits per heavy atom. The molecule has 110 valence electrons. The van der Waals surface area contributed by atoms with Crippen molar-refractivity contribution < 1.29 is 14.7 Å². The van der Waals surface area contributed by atoms with Gasteiger partial charge in [0, 0.05) is 26.1 Å². The summed E-state index contributed by atoms with van der Waals surface area (Å²) in [4.78, 5) is 27.1. The lowest BCUT2D eigenvalue weighted by Gasteiger charge is -2.02. The summed E-state index contributed by atoms with van der Waals surface area (Å²) in [7, 11) is 1.78. The number of rotatable bonds is 6. The highest BCUT2D eigenvalue weighted by Crippen LogP contribution is 2.18. The number of carbonyl (C=O) groups is 2. The summed E-state index contributed by atoms with van der Waals surface area (Å²) >= 11 is 1.27. The predicted molar refractivity (Wildman–Crippen MR) is 78.0 cm³/mol. The van der Waals surface area contributed by atoms with Crippen LogP contribution >= 0.6 is 11.3 Å². The first kappa shape index (κ1) is 14.9. The molecule has 0 aliphatic carbocycles. The standard InChI is InChI=1S/C13H14N4O3S/c1-17-8-15-10(16-17)4-6-14-13(20)12-9(5-7-21-12)2-3-11(18)19/h2-3,5,7-8H,4,6H2,1H3,(H,14,20)(H,18,19)/b3-2+. The molecule has 0 unspecified atom stereocenters. The Bertz CT molecular complexity index is 675. The number of nitrogens with one attached hydrogen (secondary N) is 1. The quantitative estimate of drug-likeness (QED) is 0.774. The molecular weight excluding hydrogens is 292 g/mol. The number of carboxylic acid groups (broad SMARTS) is 1. The minimum atomic E-state index is -1.05. The Morgan fingerprint density at radius 1 is 1.52 bits per heavy atom. The molecule has 0 atom stereocenters. The Morgan fingerprint density at radius 3 is 3.00 bits per heavy atom. The number of amides is 1. The van der Waals surface area contributed by atoms with Crippen LogP contribution in [0.4, 0.5) is 0 Å². The third kappa shape index (κ3) is 4.25. The average molecular weight is 306 g/mol. The summed E-state index contributed by atoms with van der Waals surface area (Å²) in [5.41, 5.74) is 0.593. The maximum Gasteiger partial charge on any atom is 0.328 e. The maximum absolute atomic E-state index is 12.0. The molecule has 2 N–H and O–H groups in total. The van der Waals surface area contributed by atoms with E-state index in [-0.39, 0.29) is 5.91 Å². The zero-order chi connectivity index (χ0) is 15.2. The molecule has 0 spiro atoms. The van der Waals surface area contributed by atoms with E-state index in [0.717, 1.165) is 6.08 Å². The van der Waals surface area contributed by atoms with Crippen LogP contribution in [0.2, 0.25) is 0 Å². The van der Waals surface area contributed by atoms with Gasteiger partial charge in [-0.2, -0.15) is 5.10 Å². The van der Waals surface area contributed by atoms with Crippen molar-refractivity contribution in [3.05, 3.63) is 40.1 Å². The van der Waals surface area contributed by atoms with Crippen molar-refractivity contribution in [1.29, 1.82) is 0 Å². The molecular formula is C13H14N4O3S. The Hall–Kier alpha value is -2.48. The molecule has 0 radical (unpaired) electrons.